The maximum absolute atomic E-state index is 9.02. The van der Waals surface area contributed by atoms with E-state index in [-0.39, 0.29) is 5.66 Å². The lowest BCUT2D eigenvalue weighted by Gasteiger charge is -2.11. The fraction of sp³-hybridized carbons (Fsp3) is 1.00. The van der Waals surface area contributed by atoms with Crippen molar-refractivity contribution in [1.29, 1.82) is 0 Å². The molecule has 0 saturated heterocycles. The third-order valence-corrected chi connectivity index (χ3v) is 4.14. The van der Waals surface area contributed by atoms with E-state index in [0.29, 0.717) is 0 Å². The molecule has 0 aliphatic carbocycles. The Morgan fingerprint density at radius 3 is 1.71 bits per heavy atom. The molecular formula is C4H11OPS. The molecule has 0 heterocycles. The van der Waals surface area contributed by atoms with E-state index >= 15 is 0 Å². The van der Waals surface area contributed by atoms with Gasteiger partial charge < -0.3 is 4.89 Å². The van der Waals surface area contributed by atoms with E-state index in [9.17, 15) is 0 Å². The first kappa shape index (κ1) is 7.61. The van der Waals surface area contributed by atoms with Gasteiger partial charge in [-0.2, -0.15) is 0 Å². The molecule has 1 nitrogen and oxygen atoms in total. The molecule has 0 amide bonds. The topological polar surface area (TPSA) is 20.2 Å². The van der Waals surface area contributed by atoms with Crippen molar-refractivity contribution in [3.05, 3.63) is 0 Å². The SMILES string of the molecule is CC(C)P(C)(O)=S. The molecular weight excluding hydrogens is 127 g/mol. The molecule has 0 bridgehead atoms. The van der Waals surface area contributed by atoms with Crippen molar-refractivity contribution in [3.8, 4) is 0 Å². The van der Waals surface area contributed by atoms with Crippen molar-refractivity contribution in [2.75, 3.05) is 6.66 Å². The summed E-state index contributed by atoms with van der Waals surface area (Å²) in [5, 5.41) is 0. The maximum Gasteiger partial charge on any atom is 0.0631 e. The second-order valence-corrected chi connectivity index (χ2v) is 7.17. The Hall–Kier alpha value is 0.610. The second kappa shape index (κ2) is 2.25. The highest BCUT2D eigenvalue weighted by atomic mass is 32.4. The third kappa shape index (κ3) is 3.22. The molecule has 44 valence electrons. The zero-order valence-corrected chi connectivity index (χ0v) is 6.59. The summed E-state index contributed by atoms with van der Waals surface area (Å²) >= 11 is 4.78. The highest BCUT2D eigenvalue weighted by Crippen LogP contribution is 2.41. The summed E-state index contributed by atoms with van der Waals surface area (Å²) in [7, 11) is 0. The molecule has 1 unspecified atom stereocenters. The van der Waals surface area contributed by atoms with E-state index in [1.54, 1.807) is 6.66 Å². The summed E-state index contributed by atoms with van der Waals surface area (Å²) in [5.41, 5.74) is 0.280. The number of hydrogen-bond acceptors (Lipinski definition) is 1. The van der Waals surface area contributed by atoms with Crippen molar-refractivity contribution >= 4 is 18.1 Å². The third-order valence-electron chi connectivity index (χ3n) is 0.958. The molecule has 1 atom stereocenters. The first-order valence-electron chi connectivity index (χ1n) is 2.24. The van der Waals surface area contributed by atoms with Crippen molar-refractivity contribution in [2.45, 2.75) is 19.5 Å². The molecule has 0 radical (unpaired) electrons. The van der Waals surface area contributed by atoms with E-state index in [1.807, 2.05) is 13.8 Å². The molecule has 0 rings (SSSR count). The quantitative estimate of drug-likeness (QED) is 0.553. The van der Waals surface area contributed by atoms with Gasteiger partial charge in [-0.25, -0.2) is 0 Å². The fourth-order valence-corrected chi connectivity index (χ4v) is 0. The Labute approximate surface area is 49.8 Å². The van der Waals surface area contributed by atoms with Crippen LogP contribution in [0.4, 0.5) is 0 Å². The lowest BCUT2D eigenvalue weighted by atomic mass is 10.6. The number of hydrogen-bond donors (Lipinski definition) is 1. The van der Waals surface area contributed by atoms with Gasteiger partial charge in [0.1, 0.15) is 0 Å². The average Bonchev–Trinajstić information content (AvgIpc) is 1.31. The molecule has 0 aliphatic heterocycles. The Morgan fingerprint density at radius 2 is 1.71 bits per heavy atom. The van der Waals surface area contributed by atoms with Crippen LogP contribution in [0, 0.1) is 0 Å². The van der Waals surface area contributed by atoms with Gasteiger partial charge in [0.25, 0.3) is 0 Å². The maximum atomic E-state index is 9.02. The molecule has 0 aromatic rings. The molecule has 0 aromatic heterocycles. The van der Waals surface area contributed by atoms with Crippen molar-refractivity contribution in [3.63, 3.8) is 0 Å². The van der Waals surface area contributed by atoms with Crippen LogP contribution in [-0.4, -0.2) is 17.2 Å². The highest BCUT2D eigenvalue weighted by Gasteiger charge is 2.08. The van der Waals surface area contributed by atoms with E-state index in [4.69, 9.17) is 16.7 Å². The number of rotatable bonds is 1. The van der Waals surface area contributed by atoms with Crippen LogP contribution in [0.25, 0.3) is 0 Å². The summed E-state index contributed by atoms with van der Waals surface area (Å²) < 4.78 is 0. The smallest absolute Gasteiger partial charge is 0.0631 e. The largest absolute Gasteiger partial charge is 0.365 e. The van der Waals surface area contributed by atoms with Crippen LogP contribution in [0.2, 0.25) is 0 Å². The van der Waals surface area contributed by atoms with Gasteiger partial charge in [0.15, 0.2) is 0 Å². The molecule has 0 aliphatic rings. The Kier molecular flexibility index (Phi) is 2.45. The molecule has 1 N–H and O–H groups in total. The van der Waals surface area contributed by atoms with Crippen molar-refractivity contribution in [1.82, 2.24) is 0 Å². The first-order chi connectivity index (χ1) is 2.94. The van der Waals surface area contributed by atoms with Crippen LogP contribution >= 0.6 is 6.26 Å². The second-order valence-electron chi connectivity index (χ2n) is 2.04. The monoisotopic (exact) mass is 138 g/mol. The van der Waals surface area contributed by atoms with Crippen molar-refractivity contribution in [2.24, 2.45) is 0 Å². The summed E-state index contributed by atoms with van der Waals surface area (Å²) in [6, 6.07) is 0. The molecule has 0 spiro atoms. The van der Waals surface area contributed by atoms with Gasteiger partial charge >= 0.3 is 0 Å². The minimum absolute atomic E-state index is 0.280. The van der Waals surface area contributed by atoms with E-state index in [2.05, 4.69) is 0 Å². The summed E-state index contributed by atoms with van der Waals surface area (Å²) in [5.74, 6) is 0. The van der Waals surface area contributed by atoms with Crippen LogP contribution in [0.15, 0.2) is 0 Å². The van der Waals surface area contributed by atoms with Gasteiger partial charge in [-0.15, -0.1) is 0 Å². The molecule has 7 heavy (non-hydrogen) atoms. The minimum atomic E-state index is -1.90. The zero-order valence-electron chi connectivity index (χ0n) is 4.88. The van der Waals surface area contributed by atoms with Gasteiger partial charge in [0, 0.05) is 5.66 Å². The zero-order chi connectivity index (χ0) is 6.08. The predicted octanol–water partition coefficient (Wildman–Crippen LogP) is 1.41. The summed E-state index contributed by atoms with van der Waals surface area (Å²) in [6.07, 6.45) is -1.90. The van der Waals surface area contributed by atoms with E-state index < -0.39 is 6.26 Å². The first-order valence-corrected chi connectivity index (χ1v) is 5.51. The van der Waals surface area contributed by atoms with Crippen LogP contribution in [0.1, 0.15) is 13.8 Å². The molecule has 0 fully saturated rings. The minimum Gasteiger partial charge on any atom is -0.365 e. The van der Waals surface area contributed by atoms with Gasteiger partial charge in [-0.05, 0) is 6.66 Å². The van der Waals surface area contributed by atoms with Gasteiger partial charge in [-0.1, -0.05) is 25.7 Å². The molecule has 3 heteroatoms. The Bertz CT molecular complexity index is 93.9. The molecule has 0 saturated carbocycles. The fourth-order valence-electron chi connectivity index (χ4n) is 0. The van der Waals surface area contributed by atoms with E-state index in [1.165, 1.54) is 0 Å². The van der Waals surface area contributed by atoms with Gasteiger partial charge in [0.2, 0.25) is 0 Å². The van der Waals surface area contributed by atoms with E-state index in [0.717, 1.165) is 0 Å². The Morgan fingerprint density at radius 1 is 1.57 bits per heavy atom. The summed E-state index contributed by atoms with van der Waals surface area (Å²) in [4.78, 5) is 9.02. The van der Waals surface area contributed by atoms with Crippen LogP contribution < -0.4 is 0 Å². The predicted molar refractivity (Wildman–Crippen MR) is 37.6 cm³/mol. The lowest BCUT2D eigenvalue weighted by Crippen LogP contribution is -1.92. The summed E-state index contributed by atoms with van der Waals surface area (Å²) in [6.45, 7) is 5.63. The Balaban J connectivity index is 3.80. The van der Waals surface area contributed by atoms with Gasteiger partial charge in [-0.3, -0.25) is 0 Å². The van der Waals surface area contributed by atoms with Crippen LogP contribution in [0.3, 0.4) is 0 Å². The van der Waals surface area contributed by atoms with Gasteiger partial charge in [0.05, 0.1) is 6.26 Å². The molecule has 0 aromatic carbocycles. The lowest BCUT2D eigenvalue weighted by molar-refractivity contribution is 0.616. The standard InChI is InChI=1S/C4H11OPS/c1-4(2)6(3,5)7/h4H,1-3H3,(H,5,7). The normalized spacial score (nSPS) is 19.6. The average molecular weight is 138 g/mol. The van der Waals surface area contributed by atoms with Crippen LogP contribution in [0.5, 0.6) is 0 Å². The van der Waals surface area contributed by atoms with Crippen LogP contribution in [-0.2, 0) is 11.8 Å². The van der Waals surface area contributed by atoms with Crippen molar-refractivity contribution < 1.29 is 4.89 Å². The highest BCUT2D eigenvalue weighted by molar-refractivity contribution is 8.11.